The highest BCUT2D eigenvalue weighted by atomic mass is 19.1. The van der Waals surface area contributed by atoms with Gasteiger partial charge in [-0.3, -0.25) is 9.59 Å². The number of halogens is 1. The number of benzene rings is 1. The van der Waals surface area contributed by atoms with E-state index in [2.05, 4.69) is 0 Å². The molecule has 0 aliphatic heterocycles. The van der Waals surface area contributed by atoms with Crippen LogP contribution in [0.25, 0.3) is 0 Å². The first-order valence-electron chi connectivity index (χ1n) is 6.62. The fourth-order valence-electron chi connectivity index (χ4n) is 2.51. The van der Waals surface area contributed by atoms with Gasteiger partial charge in [-0.15, -0.1) is 0 Å². The van der Waals surface area contributed by atoms with Crippen molar-refractivity contribution in [3.8, 4) is 0 Å². The van der Waals surface area contributed by atoms with E-state index in [0.717, 1.165) is 0 Å². The number of rotatable bonds is 5. The van der Waals surface area contributed by atoms with Crippen molar-refractivity contribution >= 4 is 11.9 Å². The Balaban J connectivity index is 2.17. The van der Waals surface area contributed by atoms with Crippen molar-refractivity contribution in [3.05, 3.63) is 35.6 Å². The second-order valence-electron chi connectivity index (χ2n) is 5.49. The third-order valence-corrected chi connectivity index (χ3v) is 3.86. The van der Waals surface area contributed by atoms with Gasteiger partial charge in [-0.1, -0.05) is 25.1 Å². The zero-order valence-electron chi connectivity index (χ0n) is 11.6. The number of nitrogens with zero attached hydrogens (tertiary/aromatic N) is 1. The smallest absolute Gasteiger partial charge is 0.308 e. The highest BCUT2D eigenvalue weighted by Crippen LogP contribution is 2.50. The zero-order chi connectivity index (χ0) is 14.9. The minimum atomic E-state index is -0.944. The van der Waals surface area contributed by atoms with E-state index in [9.17, 15) is 14.0 Å². The molecule has 0 aromatic heterocycles. The monoisotopic (exact) mass is 279 g/mol. The first-order chi connectivity index (χ1) is 9.38. The van der Waals surface area contributed by atoms with E-state index in [0.29, 0.717) is 18.4 Å². The number of carboxylic acids is 1. The van der Waals surface area contributed by atoms with Gasteiger partial charge in [0.2, 0.25) is 5.91 Å². The Kier molecular flexibility index (Phi) is 3.79. The van der Waals surface area contributed by atoms with Gasteiger partial charge in [0.25, 0.3) is 0 Å². The molecule has 1 aliphatic rings. The fraction of sp³-hybridized carbons (Fsp3) is 0.467. The van der Waals surface area contributed by atoms with Crippen LogP contribution in [0.4, 0.5) is 4.39 Å². The van der Waals surface area contributed by atoms with Crippen LogP contribution in [0, 0.1) is 11.7 Å². The molecule has 1 aromatic carbocycles. The number of carbonyl (C=O) groups is 2. The lowest BCUT2D eigenvalue weighted by Crippen LogP contribution is -2.40. The number of likely N-dealkylation sites (N-methyl/N-ethyl adjacent to an activating group) is 1. The van der Waals surface area contributed by atoms with E-state index >= 15 is 0 Å². The van der Waals surface area contributed by atoms with Crippen LogP contribution >= 0.6 is 0 Å². The number of carbonyl (C=O) groups excluding carboxylic acids is 1. The van der Waals surface area contributed by atoms with Crippen LogP contribution in [-0.2, 0) is 15.0 Å². The van der Waals surface area contributed by atoms with Gasteiger partial charge in [0.1, 0.15) is 5.82 Å². The fourth-order valence-corrected chi connectivity index (χ4v) is 2.51. The Morgan fingerprint density at radius 1 is 1.40 bits per heavy atom. The topological polar surface area (TPSA) is 57.6 Å². The molecule has 1 fully saturated rings. The van der Waals surface area contributed by atoms with Crippen LogP contribution in [0.5, 0.6) is 0 Å². The molecule has 1 saturated carbocycles. The van der Waals surface area contributed by atoms with Crippen molar-refractivity contribution in [2.24, 2.45) is 5.92 Å². The van der Waals surface area contributed by atoms with Gasteiger partial charge in [-0.05, 0) is 18.9 Å². The Labute approximate surface area is 117 Å². The number of carboxylic acid groups (broad SMARTS) is 1. The molecule has 20 heavy (non-hydrogen) atoms. The van der Waals surface area contributed by atoms with Gasteiger partial charge < -0.3 is 10.0 Å². The summed E-state index contributed by atoms with van der Waals surface area (Å²) in [4.78, 5) is 24.8. The molecular weight excluding hydrogens is 261 g/mol. The summed E-state index contributed by atoms with van der Waals surface area (Å²) in [6.45, 7) is 1.68. The van der Waals surface area contributed by atoms with Crippen molar-refractivity contribution in [1.82, 2.24) is 4.90 Å². The quantitative estimate of drug-likeness (QED) is 0.897. The SMILES string of the molecule is CC(CN(C)C(=O)C1(c2ccccc2F)CC1)C(=O)O. The van der Waals surface area contributed by atoms with Crippen LogP contribution < -0.4 is 0 Å². The van der Waals surface area contributed by atoms with E-state index in [1.165, 1.54) is 11.0 Å². The normalized spacial score (nSPS) is 17.4. The van der Waals surface area contributed by atoms with Crippen LogP contribution in [0.1, 0.15) is 25.3 Å². The molecule has 1 atom stereocenters. The maximum Gasteiger partial charge on any atom is 0.308 e. The molecule has 0 bridgehead atoms. The summed E-state index contributed by atoms with van der Waals surface area (Å²) in [6.07, 6.45) is 1.22. The van der Waals surface area contributed by atoms with Crippen molar-refractivity contribution in [2.45, 2.75) is 25.2 Å². The van der Waals surface area contributed by atoms with Gasteiger partial charge in [-0.25, -0.2) is 4.39 Å². The lowest BCUT2D eigenvalue weighted by Gasteiger charge is -2.25. The van der Waals surface area contributed by atoms with Crippen molar-refractivity contribution in [1.29, 1.82) is 0 Å². The molecule has 0 heterocycles. The first-order valence-corrected chi connectivity index (χ1v) is 6.62. The molecule has 1 aromatic rings. The first kappa shape index (κ1) is 14.5. The summed E-state index contributed by atoms with van der Waals surface area (Å²) in [5, 5.41) is 8.89. The lowest BCUT2D eigenvalue weighted by molar-refractivity contribution is -0.143. The standard InChI is InChI=1S/C15H18FNO3/c1-10(13(18)19)9-17(2)14(20)15(7-8-15)11-5-3-4-6-12(11)16/h3-6,10H,7-9H2,1-2H3,(H,18,19). The average molecular weight is 279 g/mol. The van der Waals surface area contributed by atoms with E-state index in [1.54, 1.807) is 32.2 Å². The van der Waals surface area contributed by atoms with Gasteiger partial charge >= 0.3 is 5.97 Å². The van der Waals surface area contributed by atoms with Crippen molar-refractivity contribution < 1.29 is 19.1 Å². The van der Waals surface area contributed by atoms with Crippen LogP contribution in [0.3, 0.4) is 0 Å². The minimum absolute atomic E-state index is 0.129. The van der Waals surface area contributed by atoms with Crippen molar-refractivity contribution in [3.63, 3.8) is 0 Å². The van der Waals surface area contributed by atoms with E-state index in [1.807, 2.05) is 0 Å². The van der Waals surface area contributed by atoms with Crippen molar-refractivity contribution in [2.75, 3.05) is 13.6 Å². The minimum Gasteiger partial charge on any atom is -0.481 e. The third kappa shape index (κ3) is 2.53. The van der Waals surface area contributed by atoms with E-state index < -0.39 is 17.3 Å². The number of amides is 1. The Bertz CT molecular complexity index is 540. The van der Waals surface area contributed by atoms with Crippen LogP contribution in [0.2, 0.25) is 0 Å². The average Bonchev–Trinajstić information content (AvgIpc) is 3.19. The lowest BCUT2D eigenvalue weighted by atomic mass is 9.93. The van der Waals surface area contributed by atoms with Crippen LogP contribution in [0.15, 0.2) is 24.3 Å². The molecule has 108 valence electrons. The molecule has 4 nitrogen and oxygen atoms in total. The molecule has 1 unspecified atom stereocenters. The molecule has 0 saturated heterocycles. The molecule has 2 rings (SSSR count). The van der Waals surface area contributed by atoms with Gasteiger partial charge in [0.05, 0.1) is 11.3 Å². The number of hydrogen-bond donors (Lipinski definition) is 1. The second-order valence-corrected chi connectivity index (χ2v) is 5.49. The van der Waals surface area contributed by atoms with Crippen LogP contribution in [-0.4, -0.2) is 35.5 Å². The molecule has 0 spiro atoms. The summed E-state index contributed by atoms with van der Waals surface area (Å²) in [5.74, 6) is -2.16. The molecule has 1 aliphatic carbocycles. The zero-order valence-corrected chi connectivity index (χ0v) is 11.6. The number of aliphatic carboxylic acids is 1. The molecule has 5 heteroatoms. The molecule has 1 N–H and O–H groups in total. The molecule has 1 amide bonds. The summed E-state index contributed by atoms with van der Waals surface area (Å²) in [6, 6.07) is 6.29. The van der Waals surface area contributed by atoms with Gasteiger partial charge in [-0.2, -0.15) is 0 Å². The second kappa shape index (κ2) is 5.23. The van der Waals surface area contributed by atoms with E-state index in [-0.39, 0.29) is 18.3 Å². The number of hydrogen-bond acceptors (Lipinski definition) is 2. The maximum atomic E-state index is 13.9. The summed E-state index contributed by atoms with van der Waals surface area (Å²) >= 11 is 0. The summed E-state index contributed by atoms with van der Waals surface area (Å²) in [7, 11) is 1.57. The largest absolute Gasteiger partial charge is 0.481 e. The molecular formula is C15H18FNO3. The molecule has 0 radical (unpaired) electrons. The highest BCUT2D eigenvalue weighted by molar-refractivity contribution is 5.91. The van der Waals surface area contributed by atoms with Gasteiger partial charge in [0, 0.05) is 19.2 Å². The Morgan fingerprint density at radius 2 is 2.00 bits per heavy atom. The Morgan fingerprint density at radius 3 is 2.50 bits per heavy atom. The van der Waals surface area contributed by atoms with E-state index in [4.69, 9.17) is 5.11 Å². The predicted molar refractivity (Wildman–Crippen MR) is 71.7 cm³/mol. The highest BCUT2D eigenvalue weighted by Gasteiger charge is 2.53. The maximum absolute atomic E-state index is 13.9. The summed E-state index contributed by atoms with van der Waals surface area (Å²) < 4.78 is 13.9. The predicted octanol–water partition coefficient (Wildman–Crippen LogP) is 2.04. The third-order valence-electron chi connectivity index (χ3n) is 3.86. The summed E-state index contributed by atoms with van der Waals surface area (Å²) in [5.41, 5.74) is -0.377. The van der Waals surface area contributed by atoms with Gasteiger partial charge in [0.15, 0.2) is 0 Å². The Hall–Kier alpha value is -1.91.